The van der Waals surface area contributed by atoms with Gasteiger partial charge in [0.2, 0.25) is 11.8 Å². The van der Waals surface area contributed by atoms with Crippen LogP contribution in [-0.4, -0.2) is 48.1 Å². The molecule has 2 fully saturated rings. The Hall–Kier alpha value is -1.10. The number of hydrogen-bond acceptors (Lipinski definition) is 3. The fraction of sp³-hybridized carbons (Fsp3) is 0.857. The molecule has 0 spiro atoms. The van der Waals surface area contributed by atoms with Crippen LogP contribution in [0.25, 0.3) is 0 Å². The molecule has 108 valence electrons. The molecule has 2 saturated heterocycles. The first-order valence-corrected chi connectivity index (χ1v) is 7.27. The Balaban J connectivity index is 1.84. The molecule has 0 radical (unpaired) electrons. The summed E-state index contributed by atoms with van der Waals surface area (Å²) < 4.78 is 5.57. The van der Waals surface area contributed by atoms with Gasteiger partial charge in [0.1, 0.15) is 5.54 Å². The number of nitrogens with zero attached hydrogens (tertiary/aromatic N) is 1. The Morgan fingerprint density at radius 2 is 2.26 bits per heavy atom. The maximum absolute atomic E-state index is 12.3. The molecule has 19 heavy (non-hydrogen) atoms. The molecule has 2 rings (SSSR count). The normalized spacial score (nSPS) is 31.7. The highest BCUT2D eigenvalue weighted by atomic mass is 16.5. The van der Waals surface area contributed by atoms with Crippen LogP contribution in [0.5, 0.6) is 0 Å². The summed E-state index contributed by atoms with van der Waals surface area (Å²) in [6, 6.07) is 0. The standard InChI is InChI=1S/C14H24N2O3/c1-3-14(2)13(18)16(10-12(17)15-14)8-4-6-11-7-5-9-19-11/h11H,3-10H2,1-2H3,(H,15,17). The Labute approximate surface area is 114 Å². The van der Waals surface area contributed by atoms with Crippen molar-refractivity contribution in [2.75, 3.05) is 19.7 Å². The Bertz CT molecular complexity index is 353. The zero-order valence-electron chi connectivity index (χ0n) is 11.9. The van der Waals surface area contributed by atoms with E-state index in [2.05, 4.69) is 5.32 Å². The van der Waals surface area contributed by atoms with E-state index in [9.17, 15) is 9.59 Å². The second-order valence-electron chi connectivity index (χ2n) is 5.74. The fourth-order valence-corrected chi connectivity index (χ4v) is 2.80. The lowest BCUT2D eigenvalue weighted by Crippen LogP contribution is -2.65. The molecule has 2 aliphatic heterocycles. The molecular weight excluding hydrogens is 244 g/mol. The van der Waals surface area contributed by atoms with E-state index in [0.717, 1.165) is 32.3 Å². The van der Waals surface area contributed by atoms with Crippen molar-refractivity contribution < 1.29 is 14.3 Å². The topological polar surface area (TPSA) is 58.6 Å². The van der Waals surface area contributed by atoms with E-state index in [0.29, 0.717) is 19.1 Å². The van der Waals surface area contributed by atoms with Gasteiger partial charge in [0.05, 0.1) is 12.6 Å². The third kappa shape index (κ3) is 3.26. The van der Waals surface area contributed by atoms with Crippen LogP contribution < -0.4 is 5.32 Å². The van der Waals surface area contributed by atoms with Crippen LogP contribution in [0.3, 0.4) is 0 Å². The predicted molar refractivity (Wildman–Crippen MR) is 71.6 cm³/mol. The van der Waals surface area contributed by atoms with Gasteiger partial charge in [-0.1, -0.05) is 6.92 Å². The van der Waals surface area contributed by atoms with Gasteiger partial charge in [0.25, 0.3) is 0 Å². The van der Waals surface area contributed by atoms with Gasteiger partial charge < -0.3 is 15.0 Å². The van der Waals surface area contributed by atoms with Gasteiger partial charge in [-0.25, -0.2) is 0 Å². The van der Waals surface area contributed by atoms with Crippen molar-refractivity contribution in [3.05, 3.63) is 0 Å². The SMILES string of the molecule is CCC1(C)NC(=O)CN(CCCC2CCCO2)C1=O. The van der Waals surface area contributed by atoms with Crippen molar-refractivity contribution in [1.29, 1.82) is 0 Å². The van der Waals surface area contributed by atoms with Crippen molar-refractivity contribution in [2.45, 2.75) is 57.6 Å². The van der Waals surface area contributed by atoms with Crippen molar-refractivity contribution in [3.8, 4) is 0 Å². The lowest BCUT2D eigenvalue weighted by Gasteiger charge is -2.39. The Morgan fingerprint density at radius 3 is 2.89 bits per heavy atom. The van der Waals surface area contributed by atoms with Crippen LogP contribution in [0.2, 0.25) is 0 Å². The maximum atomic E-state index is 12.3. The molecule has 0 aromatic heterocycles. The zero-order valence-corrected chi connectivity index (χ0v) is 11.9. The summed E-state index contributed by atoms with van der Waals surface area (Å²) in [6.45, 7) is 5.44. The van der Waals surface area contributed by atoms with Gasteiger partial charge in [-0.3, -0.25) is 9.59 Å². The molecule has 0 bridgehead atoms. The average Bonchev–Trinajstić information content (AvgIpc) is 2.88. The van der Waals surface area contributed by atoms with Crippen molar-refractivity contribution >= 4 is 11.8 Å². The molecule has 5 nitrogen and oxygen atoms in total. The molecule has 2 unspecified atom stereocenters. The van der Waals surface area contributed by atoms with Gasteiger partial charge >= 0.3 is 0 Å². The largest absolute Gasteiger partial charge is 0.378 e. The first-order valence-electron chi connectivity index (χ1n) is 7.27. The molecule has 1 N–H and O–H groups in total. The highest BCUT2D eigenvalue weighted by molar-refractivity contribution is 5.97. The summed E-state index contributed by atoms with van der Waals surface area (Å²) in [7, 11) is 0. The number of ether oxygens (including phenoxy) is 1. The van der Waals surface area contributed by atoms with E-state index < -0.39 is 5.54 Å². The number of nitrogens with one attached hydrogen (secondary N) is 1. The van der Waals surface area contributed by atoms with Gasteiger partial charge in [-0.2, -0.15) is 0 Å². The molecule has 0 aliphatic carbocycles. The molecule has 2 atom stereocenters. The van der Waals surface area contributed by atoms with Crippen LogP contribution in [0.1, 0.15) is 46.0 Å². The summed E-state index contributed by atoms with van der Waals surface area (Å²) in [4.78, 5) is 25.7. The lowest BCUT2D eigenvalue weighted by molar-refractivity contribution is -0.149. The van der Waals surface area contributed by atoms with Gasteiger partial charge in [0, 0.05) is 13.2 Å². The molecule has 2 heterocycles. The van der Waals surface area contributed by atoms with Crippen LogP contribution in [0.4, 0.5) is 0 Å². The fourth-order valence-electron chi connectivity index (χ4n) is 2.80. The maximum Gasteiger partial charge on any atom is 0.248 e. The van der Waals surface area contributed by atoms with Gasteiger partial charge in [-0.05, 0) is 39.0 Å². The number of carbonyl (C=O) groups is 2. The van der Waals surface area contributed by atoms with E-state index >= 15 is 0 Å². The molecule has 5 heteroatoms. The Morgan fingerprint density at radius 1 is 1.47 bits per heavy atom. The van der Waals surface area contributed by atoms with Crippen LogP contribution >= 0.6 is 0 Å². The summed E-state index contributed by atoms with van der Waals surface area (Å²) in [6.07, 6.45) is 5.13. The smallest absolute Gasteiger partial charge is 0.248 e. The molecular formula is C14H24N2O3. The molecule has 0 aromatic carbocycles. The van der Waals surface area contributed by atoms with Crippen LogP contribution in [-0.2, 0) is 14.3 Å². The van der Waals surface area contributed by atoms with Gasteiger partial charge in [0.15, 0.2) is 0 Å². The zero-order chi connectivity index (χ0) is 13.9. The second kappa shape index (κ2) is 5.90. The minimum Gasteiger partial charge on any atom is -0.378 e. The number of piperazine rings is 1. The number of hydrogen-bond donors (Lipinski definition) is 1. The van der Waals surface area contributed by atoms with E-state index in [1.54, 1.807) is 11.8 Å². The highest BCUT2D eigenvalue weighted by Crippen LogP contribution is 2.20. The first-order chi connectivity index (χ1) is 9.05. The quantitative estimate of drug-likeness (QED) is 0.811. The summed E-state index contributed by atoms with van der Waals surface area (Å²) in [5, 5.41) is 2.80. The summed E-state index contributed by atoms with van der Waals surface area (Å²) in [5.41, 5.74) is -0.723. The van der Waals surface area contributed by atoms with E-state index in [1.807, 2.05) is 6.92 Å². The van der Waals surface area contributed by atoms with Crippen LogP contribution in [0, 0.1) is 0 Å². The van der Waals surface area contributed by atoms with E-state index in [-0.39, 0.29) is 18.4 Å². The third-order valence-corrected chi connectivity index (χ3v) is 4.19. The van der Waals surface area contributed by atoms with E-state index in [1.165, 1.54) is 0 Å². The minimum absolute atomic E-state index is 0.0435. The molecule has 0 aromatic rings. The molecule has 2 aliphatic rings. The molecule has 0 saturated carbocycles. The van der Waals surface area contributed by atoms with Crippen molar-refractivity contribution in [1.82, 2.24) is 10.2 Å². The van der Waals surface area contributed by atoms with Crippen molar-refractivity contribution in [2.24, 2.45) is 0 Å². The number of carbonyl (C=O) groups excluding carboxylic acids is 2. The predicted octanol–water partition coefficient (Wildman–Crippen LogP) is 1.07. The average molecular weight is 268 g/mol. The summed E-state index contributed by atoms with van der Waals surface area (Å²) in [5.74, 6) is -0.0111. The first kappa shape index (κ1) is 14.3. The van der Waals surface area contributed by atoms with E-state index in [4.69, 9.17) is 4.74 Å². The highest BCUT2D eigenvalue weighted by Gasteiger charge is 2.41. The Kier molecular flexibility index (Phi) is 4.45. The minimum atomic E-state index is -0.723. The van der Waals surface area contributed by atoms with Crippen molar-refractivity contribution in [3.63, 3.8) is 0 Å². The summed E-state index contributed by atoms with van der Waals surface area (Å²) >= 11 is 0. The van der Waals surface area contributed by atoms with Crippen LogP contribution in [0.15, 0.2) is 0 Å². The molecule has 2 amide bonds. The number of rotatable bonds is 5. The third-order valence-electron chi connectivity index (χ3n) is 4.19. The lowest BCUT2D eigenvalue weighted by atomic mass is 9.94. The monoisotopic (exact) mass is 268 g/mol. The number of amides is 2. The van der Waals surface area contributed by atoms with Gasteiger partial charge in [-0.15, -0.1) is 0 Å². The second-order valence-corrected chi connectivity index (χ2v) is 5.74.